The fourth-order valence-electron chi connectivity index (χ4n) is 4.12. The van der Waals surface area contributed by atoms with Gasteiger partial charge in [0.05, 0.1) is 0 Å². The van der Waals surface area contributed by atoms with Crippen molar-refractivity contribution in [3.8, 4) is 0 Å². The average Bonchev–Trinajstić information content (AvgIpc) is 3.11. The smallest absolute Gasteiger partial charge is 0.223 e. The molecule has 106 valence electrons. The minimum atomic E-state index is 0.264. The van der Waals surface area contributed by atoms with Gasteiger partial charge < -0.3 is 10.2 Å². The van der Waals surface area contributed by atoms with E-state index in [1.165, 1.54) is 19.3 Å². The summed E-state index contributed by atoms with van der Waals surface area (Å²) in [6.45, 7) is 2.42. The predicted molar refractivity (Wildman–Crippen MR) is 72.4 cm³/mol. The number of nitrogens with zero attached hydrogens (tertiary/aromatic N) is 1. The molecule has 0 aromatic heterocycles. The lowest BCUT2D eigenvalue weighted by Crippen LogP contribution is -2.35. The highest BCUT2D eigenvalue weighted by atomic mass is 16.2. The van der Waals surface area contributed by atoms with Crippen molar-refractivity contribution < 1.29 is 9.59 Å². The van der Waals surface area contributed by atoms with Gasteiger partial charge in [0.1, 0.15) is 0 Å². The quantitative estimate of drug-likeness (QED) is 0.766. The van der Waals surface area contributed by atoms with Gasteiger partial charge in [-0.1, -0.05) is 6.42 Å². The van der Waals surface area contributed by atoms with Crippen molar-refractivity contribution >= 4 is 11.8 Å². The maximum absolute atomic E-state index is 12.1. The first-order valence-corrected chi connectivity index (χ1v) is 7.79. The molecule has 3 rings (SSSR count). The summed E-state index contributed by atoms with van der Waals surface area (Å²) in [6.07, 6.45) is 7.57. The summed E-state index contributed by atoms with van der Waals surface area (Å²) in [7, 11) is 0. The van der Waals surface area contributed by atoms with E-state index in [0.717, 1.165) is 44.8 Å². The maximum atomic E-state index is 12.1. The molecule has 2 amide bonds. The van der Waals surface area contributed by atoms with E-state index < -0.39 is 0 Å². The second-order valence-electron chi connectivity index (χ2n) is 6.41. The number of amides is 2. The summed E-state index contributed by atoms with van der Waals surface area (Å²) in [5, 5.41) is 3.07. The molecule has 1 saturated heterocycles. The van der Waals surface area contributed by atoms with Gasteiger partial charge in [0, 0.05) is 32.0 Å². The first-order chi connectivity index (χ1) is 9.24. The third-order valence-electron chi connectivity index (χ3n) is 5.15. The fraction of sp³-hybridized carbons (Fsp3) is 0.867. The SMILES string of the molecule is O=C(NCCCN1CCCC1=O)C1CC2CCC1C2. The minimum absolute atomic E-state index is 0.264. The number of nitrogens with one attached hydrogen (secondary N) is 1. The number of fused-ring (bicyclic) bond motifs is 2. The van der Waals surface area contributed by atoms with Crippen LogP contribution in [0.15, 0.2) is 0 Å². The summed E-state index contributed by atoms with van der Waals surface area (Å²) < 4.78 is 0. The maximum Gasteiger partial charge on any atom is 0.223 e. The number of hydrogen-bond acceptors (Lipinski definition) is 2. The number of carbonyl (C=O) groups is 2. The molecule has 4 nitrogen and oxygen atoms in total. The van der Waals surface area contributed by atoms with Crippen molar-refractivity contribution in [3.05, 3.63) is 0 Å². The van der Waals surface area contributed by atoms with Crippen LogP contribution in [-0.2, 0) is 9.59 Å². The molecule has 0 spiro atoms. The molecule has 2 saturated carbocycles. The second kappa shape index (κ2) is 5.51. The van der Waals surface area contributed by atoms with Crippen LogP contribution in [0.25, 0.3) is 0 Å². The van der Waals surface area contributed by atoms with Crippen LogP contribution < -0.4 is 5.32 Å². The van der Waals surface area contributed by atoms with Gasteiger partial charge in [0.2, 0.25) is 11.8 Å². The van der Waals surface area contributed by atoms with Crippen LogP contribution in [0.2, 0.25) is 0 Å². The van der Waals surface area contributed by atoms with Crippen LogP contribution in [0, 0.1) is 17.8 Å². The van der Waals surface area contributed by atoms with Crippen molar-refractivity contribution in [2.24, 2.45) is 17.8 Å². The lowest BCUT2D eigenvalue weighted by molar-refractivity contribution is -0.127. The predicted octanol–water partition coefficient (Wildman–Crippen LogP) is 1.55. The van der Waals surface area contributed by atoms with Crippen molar-refractivity contribution in [2.75, 3.05) is 19.6 Å². The molecule has 0 aromatic carbocycles. The Bertz CT molecular complexity index is 369. The molecule has 3 unspecified atom stereocenters. The van der Waals surface area contributed by atoms with Gasteiger partial charge in [-0.3, -0.25) is 9.59 Å². The number of carbonyl (C=O) groups excluding carboxylic acids is 2. The van der Waals surface area contributed by atoms with Crippen molar-refractivity contribution in [1.29, 1.82) is 0 Å². The van der Waals surface area contributed by atoms with Gasteiger partial charge in [-0.25, -0.2) is 0 Å². The average molecular weight is 264 g/mol. The van der Waals surface area contributed by atoms with E-state index in [1.54, 1.807) is 0 Å². The van der Waals surface area contributed by atoms with Crippen LogP contribution in [0.1, 0.15) is 44.9 Å². The molecule has 0 radical (unpaired) electrons. The first-order valence-electron chi connectivity index (χ1n) is 7.79. The highest BCUT2D eigenvalue weighted by Crippen LogP contribution is 2.48. The van der Waals surface area contributed by atoms with Gasteiger partial charge in [0.25, 0.3) is 0 Å². The highest BCUT2D eigenvalue weighted by molar-refractivity contribution is 5.79. The lowest BCUT2D eigenvalue weighted by Gasteiger charge is -2.21. The topological polar surface area (TPSA) is 49.4 Å². The lowest BCUT2D eigenvalue weighted by atomic mass is 9.88. The Balaban J connectivity index is 1.34. The molecule has 1 N–H and O–H groups in total. The first kappa shape index (κ1) is 12.9. The Morgan fingerprint density at radius 1 is 1.32 bits per heavy atom. The normalized spacial score (nSPS) is 33.2. The molecule has 0 aromatic rings. The Morgan fingerprint density at radius 3 is 2.84 bits per heavy atom. The van der Waals surface area contributed by atoms with Crippen molar-refractivity contribution in [3.63, 3.8) is 0 Å². The Hall–Kier alpha value is -1.06. The zero-order valence-electron chi connectivity index (χ0n) is 11.6. The molecule has 3 aliphatic rings. The van der Waals surface area contributed by atoms with Crippen molar-refractivity contribution in [2.45, 2.75) is 44.9 Å². The summed E-state index contributed by atoms with van der Waals surface area (Å²) in [5.41, 5.74) is 0. The van der Waals surface area contributed by atoms with Crippen LogP contribution in [0.4, 0.5) is 0 Å². The van der Waals surface area contributed by atoms with E-state index >= 15 is 0 Å². The monoisotopic (exact) mass is 264 g/mol. The van der Waals surface area contributed by atoms with E-state index in [-0.39, 0.29) is 17.7 Å². The van der Waals surface area contributed by atoms with Gasteiger partial charge in [-0.2, -0.15) is 0 Å². The van der Waals surface area contributed by atoms with Crippen LogP contribution in [0.3, 0.4) is 0 Å². The summed E-state index contributed by atoms with van der Waals surface area (Å²) in [6, 6.07) is 0. The zero-order valence-corrected chi connectivity index (χ0v) is 11.6. The van der Waals surface area contributed by atoms with Gasteiger partial charge >= 0.3 is 0 Å². The molecule has 3 atom stereocenters. The third kappa shape index (κ3) is 2.77. The van der Waals surface area contributed by atoms with Crippen LogP contribution in [-0.4, -0.2) is 36.3 Å². The minimum Gasteiger partial charge on any atom is -0.356 e. The van der Waals surface area contributed by atoms with Gasteiger partial charge in [-0.05, 0) is 43.9 Å². The number of hydrogen-bond donors (Lipinski definition) is 1. The van der Waals surface area contributed by atoms with E-state index in [4.69, 9.17) is 0 Å². The summed E-state index contributed by atoms with van der Waals surface area (Å²) in [4.78, 5) is 25.5. The van der Waals surface area contributed by atoms with Crippen LogP contribution in [0.5, 0.6) is 0 Å². The van der Waals surface area contributed by atoms with E-state index in [9.17, 15) is 9.59 Å². The third-order valence-corrected chi connectivity index (χ3v) is 5.15. The Labute approximate surface area is 114 Å². The Morgan fingerprint density at radius 2 is 2.21 bits per heavy atom. The molecule has 1 aliphatic heterocycles. The van der Waals surface area contributed by atoms with Gasteiger partial charge in [-0.15, -0.1) is 0 Å². The molecule has 4 heteroatoms. The van der Waals surface area contributed by atoms with Crippen molar-refractivity contribution in [1.82, 2.24) is 10.2 Å². The zero-order chi connectivity index (χ0) is 13.2. The number of rotatable bonds is 5. The number of likely N-dealkylation sites (tertiary alicyclic amines) is 1. The largest absolute Gasteiger partial charge is 0.356 e. The van der Waals surface area contributed by atoms with Crippen LogP contribution >= 0.6 is 0 Å². The summed E-state index contributed by atoms with van der Waals surface area (Å²) in [5.74, 6) is 2.31. The van der Waals surface area contributed by atoms with E-state index in [1.807, 2.05) is 4.90 Å². The molecule has 2 aliphatic carbocycles. The molecular formula is C15H24N2O2. The Kier molecular flexibility index (Phi) is 3.76. The standard InChI is InChI=1S/C15H24N2O2/c18-14-3-1-7-17(14)8-2-6-16-15(19)13-10-11-4-5-12(13)9-11/h11-13H,1-10H2,(H,16,19). The fourth-order valence-corrected chi connectivity index (χ4v) is 4.12. The highest BCUT2D eigenvalue weighted by Gasteiger charge is 2.42. The molecule has 1 heterocycles. The second-order valence-corrected chi connectivity index (χ2v) is 6.41. The molecule has 2 bridgehead atoms. The van der Waals surface area contributed by atoms with E-state index in [0.29, 0.717) is 12.3 Å². The summed E-state index contributed by atoms with van der Waals surface area (Å²) >= 11 is 0. The molecular weight excluding hydrogens is 240 g/mol. The van der Waals surface area contributed by atoms with E-state index in [2.05, 4.69) is 5.32 Å². The molecule has 3 fully saturated rings. The van der Waals surface area contributed by atoms with Gasteiger partial charge in [0.15, 0.2) is 0 Å². The molecule has 19 heavy (non-hydrogen) atoms.